The molecule has 0 saturated carbocycles. The lowest BCUT2D eigenvalue weighted by molar-refractivity contribution is 0.408. The first-order valence-electron chi connectivity index (χ1n) is 4.15. The summed E-state index contributed by atoms with van der Waals surface area (Å²) >= 11 is 1.90. The van der Waals surface area contributed by atoms with Crippen molar-refractivity contribution in [2.75, 3.05) is 24.6 Å². The molecule has 1 nitrogen and oxygen atoms in total. The van der Waals surface area contributed by atoms with E-state index in [0.29, 0.717) is 0 Å². The van der Waals surface area contributed by atoms with Gasteiger partial charge in [0.1, 0.15) is 0 Å². The fourth-order valence-electron chi connectivity index (χ4n) is 1.33. The molecule has 1 rings (SSSR count). The third kappa shape index (κ3) is 3.69. The van der Waals surface area contributed by atoms with Crippen molar-refractivity contribution in [3.05, 3.63) is 0 Å². The molecule has 0 amide bonds. The van der Waals surface area contributed by atoms with Crippen molar-refractivity contribution in [2.45, 2.75) is 12.8 Å². The molecule has 0 aromatic rings. The van der Waals surface area contributed by atoms with Gasteiger partial charge in [0.2, 0.25) is 0 Å². The number of terminal acetylenes is 1. The van der Waals surface area contributed by atoms with Gasteiger partial charge in [-0.15, -0.1) is 18.2 Å². The molecule has 1 fully saturated rings. The van der Waals surface area contributed by atoms with E-state index in [0.717, 1.165) is 11.7 Å². The summed E-state index contributed by atoms with van der Waals surface area (Å²) in [6.45, 7) is 2.39. The van der Waals surface area contributed by atoms with Gasteiger partial charge in [-0.25, -0.2) is 0 Å². The van der Waals surface area contributed by atoms with Crippen LogP contribution < -0.4 is 5.32 Å². The highest BCUT2D eigenvalue weighted by Crippen LogP contribution is 2.17. The summed E-state index contributed by atoms with van der Waals surface area (Å²) in [5.74, 6) is 5.70. The Morgan fingerprint density at radius 3 is 2.82 bits per heavy atom. The predicted molar refractivity (Wildman–Crippen MR) is 51.8 cm³/mol. The van der Waals surface area contributed by atoms with Crippen LogP contribution in [0.25, 0.3) is 0 Å². The molecule has 0 aromatic carbocycles. The van der Waals surface area contributed by atoms with Gasteiger partial charge in [-0.1, -0.05) is 5.92 Å². The summed E-state index contributed by atoms with van der Waals surface area (Å²) in [6.07, 6.45) is 7.82. The molecule has 0 unspecified atom stereocenters. The predicted octanol–water partition coefficient (Wildman–Crippen LogP) is 1.35. The topological polar surface area (TPSA) is 12.0 Å². The summed E-state index contributed by atoms with van der Waals surface area (Å²) in [5.41, 5.74) is 0. The van der Waals surface area contributed by atoms with Crippen LogP contribution in [0.15, 0.2) is 0 Å². The maximum Gasteiger partial charge on any atom is 0.0544 e. The molecule has 1 aliphatic heterocycles. The minimum Gasteiger partial charge on any atom is -0.317 e. The molecule has 0 radical (unpaired) electrons. The molecule has 0 aromatic heterocycles. The first kappa shape index (κ1) is 8.96. The van der Waals surface area contributed by atoms with Crippen LogP contribution in [-0.4, -0.2) is 24.6 Å². The molecule has 1 saturated heterocycles. The third-order valence-corrected chi connectivity index (χ3v) is 3.08. The highest BCUT2D eigenvalue weighted by Gasteiger charge is 2.11. The van der Waals surface area contributed by atoms with E-state index in [2.05, 4.69) is 11.2 Å². The maximum absolute atomic E-state index is 5.16. The molecule has 0 bridgehead atoms. The third-order valence-electron chi connectivity index (χ3n) is 2.00. The van der Waals surface area contributed by atoms with Gasteiger partial charge >= 0.3 is 0 Å². The molecule has 62 valence electrons. The number of hydrogen-bond donors (Lipinski definition) is 1. The number of thioether (sulfide) groups is 1. The van der Waals surface area contributed by atoms with Gasteiger partial charge in [0, 0.05) is 0 Å². The van der Waals surface area contributed by atoms with Crippen LogP contribution in [0.2, 0.25) is 0 Å². The zero-order chi connectivity index (χ0) is 7.94. The van der Waals surface area contributed by atoms with Gasteiger partial charge in [-0.05, 0) is 37.6 Å². The van der Waals surface area contributed by atoms with Crippen molar-refractivity contribution >= 4 is 11.8 Å². The number of nitrogens with one attached hydrogen (secondary N) is 1. The van der Waals surface area contributed by atoms with E-state index in [-0.39, 0.29) is 0 Å². The largest absolute Gasteiger partial charge is 0.317 e. The van der Waals surface area contributed by atoms with E-state index < -0.39 is 0 Å². The van der Waals surface area contributed by atoms with Crippen LogP contribution in [0.3, 0.4) is 0 Å². The lowest BCUT2D eigenvalue weighted by Gasteiger charge is -2.21. The Morgan fingerprint density at radius 1 is 1.45 bits per heavy atom. The Balaban J connectivity index is 2.01. The van der Waals surface area contributed by atoms with Crippen molar-refractivity contribution < 1.29 is 0 Å². The normalized spacial score (nSPS) is 19.5. The van der Waals surface area contributed by atoms with E-state index >= 15 is 0 Å². The minimum absolute atomic E-state index is 0.879. The molecular formula is C9H15NS. The van der Waals surface area contributed by atoms with E-state index in [1.165, 1.54) is 31.7 Å². The van der Waals surface area contributed by atoms with Crippen molar-refractivity contribution in [2.24, 2.45) is 5.92 Å². The van der Waals surface area contributed by atoms with Crippen LogP contribution in [-0.2, 0) is 0 Å². The summed E-state index contributed by atoms with van der Waals surface area (Å²) in [7, 11) is 0. The van der Waals surface area contributed by atoms with Crippen molar-refractivity contribution in [1.82, 2.24) is 5.32 Å². The minimum atomic E-state index is 0.879. The van der Waals surface area contributed by atoms with Gasteiger partial charge in [0.15, 0.2) is 0 Å². The van der Waals surface area contributed by atoms with Gasteiger partial charge in [-0.3, -0.25) is 0 Å². The molecule has 0 atom stereocenters. The molecule has 1 heterocycles. The summed E-state index contributed by atoms with van der Waals surface area (Å²) in [5, 5.41) is 3.36. The number of piperidine rings is 1. The first-order valence-corrected chi connectivity index (χ1v) is 5.31. The summed E-state index contributed by atoms with van der Waals surface area (Å²) in [6, 6.07) is 0. The summed E-state index contributed by atoms with van der Waals surface area (Å²) < 4.78 is 0. The van der Waals surface area contributed by atoms with Crippen LogP contribution in [0.1, 0.15) is 12.8 Å². The average Bonchev–Trinajstić information content (AvgIpc) is 2.07. The Bertz CT molecular complexity index is 133. The van der Waals surface area contributed by atoms with E-state index in [1.807, 2.05) is 11.8 Å². The average molecular weight is 169 g/mol. The highest BCUT2D eigenvalue weighted by molar-refractivity contribution is 7.99. The van der Waals surface area contributed by atoms with Crippen LogP contribution in [0.5, 0.6) is 0 Å². The van der Waals surface area contributed by atoms with Gasteiger partial charge in [0.05, 0.1) is 5.75 Å². The Hall–Kier alpha value is -0.130. The first-order chi connectivity index (χ1) is 5.43. The number of rotatable bonds is 3. The molecule has 1 N–H and O–H groups in total. The zero-order valence-electron chi connectivity index (χ0n) is 6.81. The van der Waals surface area contributed by atoms with E-state index in [9.17, 15) is 0 Å². The monoisotopic (exact) mass is 169 g/mol. The molecular weight excluding hydrogens is 154 g/mol. The second-order valence-corrected chi connectivity index (χ2v) is 3.94. The van der Waals surface area contributed by atoms with Gasteiger partial charge in [-0.2, -0.15) is 0 Å². The molecule has 11 heavy (non-hydrogen) atoms. The molecule has 0 spiro atoms. The van der Waals surface area contributed by atoms with Crippen LogP contribution in [0.4, 0.5) is 0 Å². The Morgan fingerprint density at radius 2 is 2.18 bits per heavy atom. The zero-order valence-corrected chi connectivity index (χ0v) is 7.62. The second kappa shape index (κ2) is 5.51. The van der Waals surface area contributed by atoms with E-state index in [1.54, 1.807) is 0 Å². The van der Waals surface area contributed by atoms with Crippen LogP contribution in [0, 0.1) is 18.3 Å². The lowest BCUT2D eigenvalue weighted by Crippen LogP contribution is -2.28. The van der Waals surface area contributed by atoms with Gasteiger partial charge < -0.3 is 5.32 Å². The van der Waals surface area contributed by atoms with Gasteiger partial charge in [0.25, 0.3) is 0 Å². The second-order valence-electron chi connectivity index (χ2n) is 2.91. The molecule has 0 aliphatic carbocycles. The van der Waals surface area contributed by atoms with E-state index in [4.69, 9.17) is 6.42 Å². The van der Waals surface area contributed by atoms with Crippen molar-refractivity contribution in [1.29, 1.82) is 0 Å². The quantitative estimate of drug-likeness (QED) is 0.505. The van der Waals surface area contributed by atoms with Crippen molar-refractivity contribution in [3.8, 4) is 12.3 Å². The summed E-state index contributed by atoms with van der Waals surface area (Å²) in [4.78, 5) is 0. The van der Waals surface area contributed by atoms with Crippen molar-refractivity contribution in [3.63, 3.8) is 0 Å². The molecule has 1 aliphatic rings. The SMILES string of the molecule is C#CCSCC1CCNCC1. The molecule has 2 heteroatoms. The fourth-order valence-corrected chi connectivity index (χ4v) is 2.24. The Labute approximate surface area is 73.3 Å². The maximum atomic E-state index is 5.16. The standard InChI is InChI=1S/C9H15NS/c1-2-7-11-8-9-3-5-10-6-4-9/h1,9-10H,3-8H2. The fraction of sp³-hybridized carbons (Fsp3) is 0.778. The van der Waals surface area contributed by atoms with Crippen LogP contribution >= 0.6 is 11.8 Å². The smallest absolute Gasteiger partial charge is 0.0544 e. The number of hydrogen-bond acceptors (Lipinski definition) is 2. The lowest BCUT2D eigenvalue weighted by atomic mass is 10.0. The highest BCUT2D eigenvalue weighted by atomic mass is 32.2. The Kier molecular flexibility index (Phi) is 4.49.